The molecular formula is C25H36O6. The minimum Gasteiger partial charge on any atom is -0.508 e. The summed E-state index contributed by atoms with van der Waals surface area (Å²) in [6.07, 6.45) is 0. The first-order valence-corrected chi connectivity index (χ1v) is 10.4. The fraction of sp³-hybridized carbons (Fsp3) is 0.520. The highest BCUT2D eigenvalue weighted by molar-refractivity contribution is 5.53. The highest BCUT2D eigenvalue weighted by atomic mass is 16.3. The van der Waals surface area contributed by atoms with Crippen LogP contribution in [0.25, 0.3) is 0 Å². The van der Waals surface area contributed by atoms with Crippen molar-refractivity contribution in [3.05, 3.63) is 58.7 Å². The Morgan fingerprint density at radius 3 is 1.16 bits per heavy atom. The second-order valence-corrected chi connectivity index (χ2v) is 10.4. The maximum Gasteiger partial charge on any atom is 0.127 e. The summed E-state index contributed by atoms with van der Waals surface area (Å²) in [7, 11) is 0. The largest absolute Gasteiger partial charge is 0.508 e. The van der Waals surface area contributed by atoms with Gasteiger partial charge >= 0.3 is 0 Å². The molecule has 2 rings (SSSR count). The number of aliphatic hydroxyl groups excluding tert-OH is 3. The van der Waals surface area contributed by atoms with Gasteiger partial charge in [-0.05, 0) is 57.3 Å². The van der Waals surface area contributed by atoms with Crippen LogP contribution in [0.1, 0.15) is 63.8 Å². The Kier molecular flexibility index (Phi) is 6.84. The van der Waals surface area contributed by atoms with Crippen LogP contribution in [0.15, 0.2) is 36.4 Å². The third-order valence-electron chi connectivity index (χ3n) is 6.08. The van der Waals surface area contributed by atoms with Gasteiger partial charge in [-0.15, -0.1) is 0 Å². The van der Waals surface area contributed by atoms with Crippen molar-refractivity contribution in [2.75, 3.05) is 19.8 Å². The highest BCUT2D eigenvalue weighted by Gasteiger charge is 2.55. The smallest absolute Gasteiger partial charge is 0.127 e. The monoisotopic (exact) mass is 432 g/mol. The summed E-state index contributed by atoms with van der Waals surface area (Å²) in [6.45, 7) is 9.43. The van der Waals surface area contributed by atoms with Crippen molar-refractivity contribution in [2.24, 2.45) is 5.41 Å². The lowest BCUT2D eigenvalue weighted by atomic mass is 9.61. The van der Waals surface area contributed by atoms with Crippen LogP contribution in [0.3, 0.4) is 0 Å². The summed E-state index contributed by atoms with van der Waals surface area (Å²) in [5.41, 5.74) is -2.93. The standard InChI is InChI=1S/C25H36O6/c1-22(2,3)20-11-16(29)7-9-18(20)25(31,24(13-26,14-27)15-28)19-10-8-17(30)12-21(19)23(4,5)6/h7-12,26-31H,13-15H2,1-6H3. The van der Waals surface area contributed by atoms with Gasteiger partial charge in [0.05, 0.1) is 25.2 Å². The lowest BCUT2D eigenvalue weighted by Gasteiger charge is -2.48. The lowest BCUT2D eigenvalue weighted by molar-refractivity contribution is -0.137. The van der Waals surface area contributed by atoms with Crippen LogP contribution in [-0.2, 0) is 16.4 Å². The first-order valence-electron chi connectivity index (χ1n) is 10.4. The maximum absolute atomic E-state index is 12.5. The summed E-state index contributed by atoms with van der Waals surface area (Å²) < 4.78 is 0. The number of hydrogen-bond acceptors (Lipinski definition) is 6. The Morgan fingerprint density at radius 2 is 0.903 bits per heavy atom. The molecule has 0 saturated carbocycles. The zero-order chi connectivity index (χ0) is 23.8. The van der Waals surface area contributed by atoms with E-state index in [0.717, 1.165) is 0 Å². The molecule has 2 aromatic carbocycles. The average molecular weight is 433 g/mol. The van der Waals surface area contributed by atoms with E-state index in [4.69, 9.17) is 0 Å². The Labute approximate surface area is 184 Å². The van der Waals surface area contributed by atoms with Gasteiger partial charge in [-0.3, -0.25) is 0 Å². The Bertz CT molecular complexity index is 845. The number of hydrogen-bond donors (Lipinski definition) is 6. The van der Waals surface area contributed by atoms with Gasteiger partial charge in [0, 0.05) is 0 Å². The minimum absolute atomic E-state index is 0.0142. The summed E-state index contributed by atoms with van der Waals surface area (Å²) in [5, 5.41) is 63.9. The van der Waals surface area contributed by atoms with Crippen molar-refractivity contribution >= 4 is 0 Å². The topological polar surface area (TPSA) is 121 Å². The fourth-order valence-corrected chi connectivity index (χ4v) is 4.15. The van der Waals surface area contributed by atoms with Crippen molar-refractivity contribution < 1.29 is 30.6 Å². The number of phenolic OH excluding ortho intramolecular Hbond substituents is 2. The molecule has 0 aromatic heterocycles. The Morgan fingerprint density at radius 1 is 0.581 bits per heavy atom. The number of aliphatic hydroxyl groups is 4. The van der Waals surface area contributed by atoms with Crippen LogP contribution in [0.5, 0.6) is 11.5 Å². The van der Waals surface area contributed by atoms with Gasteiger partial charge < -0.3 is 30.6 Å². The van der Waals surface area contributed by atoms with E-state index in [1.807, 2.05) is 41.5 Å². The predicted octanol–water partition coefficient (Wildman–Crippen LogP) is 2.89. The SMILES string of the molecule is CC(C)(C)c1cc(O)ccc1C(O)(c1ccc(O)cc1C(C)(C)C)C(CO)(CO)CO. The van der Waals surface area contributed by atoms with Gasteiger partial charge in [-0.2, -0.15) is 0 Å². The van der Waals surface area contributed by atoms with Gasteiger partial charge in [0.2, 0.25) is 0 Å². The van der Waals surface area contributed by atoms with Gasteiger partial charge in [0.1, 0.15) is 17.1 Å². The molecule has 0 heterocycles. The van der Waals surface area contributed by atoms with E-state index in [9.17, 15) is 30.6 Å². The molecule has 0 aliphatic carbocycles. The van der Waals surface area contributed by atoms with Crippen LogP contribution in [-0.4, -0.2) is 50.5 Å². The molecule has 0 atom stereocenters. The molecule has 6 N–H and O–H groups in total. The van der Waals surface area contributed by atoms with Crippen molar-refractivity contribution in [3.63, 3.8) is 0 Å². The van der Waals surface area contributed by atoms with Crippen molar-refractivity contribution in [1.29, 1.82) is 0 Å². The van der Waals surface area contributed by atoms with E-state index >= 15 is 0 Å². The van der Waals surface area contributed by atoms with Gasteiger partial charge in [0.15, 0.2) is 0 Å². The molecule has 6 nitrogen and oxygen atoms in total. The maximum atomic E-state index is 12.5. The van der Waals surface area contributed by atoms with E-state index in [1.165, 1.54) is 12.1 Å². The molecule has 0 spiro atoms. The minimum atomic E-state index is -2.04. The Hall–Kier alpha value is -2.12. The van der Waals surface area contributed by atoms with Crippen LogP contribution < -0.4 is 0 Å². The van der Waals surface area contributed by atoms with E-state index in [-0.39, 0.29) is 11.5 Å². The van der Waals surface area contributed by atoms with Crippen LogP contribution in [0.2, 0.25) is 0 Å². The molecule has 6 heteroatoms. The molecule has 0 bridgehead atoms. The van der Waals surface area contributed by atoms with Crippen LogP contribution in [0, 0.1) is 5.41 Å². The van der Waals surface area contributed by atoms with Gasteiger partial charge in [0.25, 0.3) is 0 Å². The quantitative estimate of drug-likeness (QED) is 0.417. The normalized spacial score (nSPS) is 13.5. The first-order chi connectivity index (χ1) is 14.2. The molecule has 0 fully saturated rings. The predicted molar refractivity (Wildman–Crippen MR) is 120 cm³/mol. The lowest BCUT2D eigenvalue weighted by Crippen LogP contribution is -2.55. The molecule has 172 valence electrons. The summed E-state index contributed by atoms with van der Waals surface area (Å²) >= 11 is 0. The third-order valence-corrected chi connectivity index (χ3v) is 6.08. The summed E-state index contributed by atoms with van der Waals surface area (Å²) in [5.74, 6) is 0.0285. The molecule has 0 aliphatic rings. The first kappa shape index (κ1) is 25.1. The Balaban J connectivity index is 3.12. The highest BCUT2D eigenvalue weighted by Crippen LogP contribution is 2.51. The zero-order valence-corrected chi connectivity index (χ0v) is 19.3. The van der Waals surface area contributed by atoms with Crippen molar-refractivity contribution in [1.82, 2.24) is 0 Å². The molecular weight excluding hydrogens is 396 g/mol. The van der Waals surface area contributed by atoms with E-state index in [0.29, 0.717) is 22.3 Å². The van der Waals surface area contributed by atoms with Gasteiger partial charge in [-0.1, -0.05) is 53.7 Å². The molecule has 2 aromatic rings. The van der Waals surface area contributed by atoms with E-state index in [2.05, 4.69) is 0 Å². The summed E-state index contributed by atoms with van der Waals surface area (Å²) in [6, 6.07) is 9.09. The molecule has 0 aliphatic heterocycles. The van der Waals surface area contributed by atoms with Gasteiger partial charge in [-0.25, -0.2) is 0 Å². The molecule has 0 saturated heterocycles. The van der Waals surface area contributed by atoms with Crippen molar-refractivity contribution in [2.45, 2.75) is 58.0 Å². The zero-order valence-electron chi connectivity index (χ0n) is 19.3. The van der Waals surface area contributed by atoms with Crippen LogP contribution >= 0.6 is 0 Å². The fourth-order valence-electron chi connectivity index (χ4n) is 4.15. The average Bonchev–Trinajstić information content (AvgIpc) is 2.68. The van der Waals surface area contributed by atoms with E-state index in [1.54, 1.807) is 24.3 Å². The molecule has 0 radical (unpaired) electrons. The third kappa shape index (κ3) is 4.30. The number of rotatable bonds is 6. The molecule has 0 amide bonds. The molecule has 31 heavy (non-hydrogen) atoms. The second kappa shape index (κ2) is 8.43. The van der Waals surface area contributed by atoms with Crippen LogP contribution in [0.4, 0.5) is 0 Å². The molecule has 0 unspecified atom stereocenters. The number of benzene rings is 2. The van der Waals surface area contributed by atoms with E-state index < -0.39 is 41.7 Å². The number of aromatic hydroxyl groups is 2. The second-order valence-electron chi connectivity index (χ2n) is 10.4. The van der Waals surface area contributed by atoms with Crippen molar-refractivity contribution in [3.8, 4) is 11.5 Å². The summed E-state index contributed by atoms with van der Waals surface area (Å²) in [4.78, 5) is 0. The number of phenols is 2.